The van der Waals surface area contributed by atoms with Gasteiger partial charge in [-0.25, -0.2) is 0 Å². The van der Waals surface area contributed by atoms with Crippen LogP contribution in [0.4, 0.5) is 0 Å². The molecule has 2 N–H and O–H groups in total. The van der Waals surface area contributed by atoms with Crippen LogP contribution >= 0.6 is 0 Å². The highest BCUT2D eigenvalue weighted by atomic mass is 16.5. The molecular formula is C14H23NO. The molecular weight excluding hydrogens is 198 g/mol. The summed E-state index contributed by atoms with van der Waals surface area (Å²) in [5, 5.41) is 0. The predicted octanol–water partition coefficient (Wildman–Crippen LogP) is 3.58. The van der Waals surface area contributed by atoms with Gasteiger partial charge in [0.2, 0.25) is 0 Å². The minimum absolute atomic E-state index is 0.0288. The summed E-state index contributed by atoms with van der Waals surface area (Å²) in [7, 11) is 0. The van der Waals surface area contributed by atoms with Gasteiger partial charge in [0.15, 0.2) is 0 Å². The third-order valence-electron chi connectivity index (χ3n) is 2.66. The number of unbranched alkanes of at least 4 members (excludes halogenated alkanes) is 2. The second-order valence-electron chi connectivity index (χ2n) is 4.39. The first-order valence-corrected chi connectivity index (χ1v) is 6.14. The largest absolute Gasteiger partial charge is 0.493 e. The Hall–Kier alpha value is -1.02. The first-order chi connectivity index (χ1) is 7.65. The van der Waals surface area contributed by atoms with E-state index >= 15 is 0 Å². The van der Waals surface area contributed by atoms with E-state index in [0.717, 1.165) is 24.3 Å². The van der Waals surface area contributed by atoms with E-state index in [1.807, 2.05) is 13.0 Å². The van der Waals surface area contributed by atoms with Crippen LogP contribution < -0.4 is 10.5 Å². The number of rotatable bonds is 6. The van der Waals surface area contributed by atoms with Crippen LogP contribution in [0.3, 0.4) is 0 Å². The lowest BCUT2D eigenvalue weighted by atomic mass is 10.1. The second kappa shape index (κ2) is 6.54. The van der Waals surface area contributed by atoms with Crippen molar-refractivity contribution in [2.75, 3.05) is 6.61 Å². The Morgan fingerprint density at radius 3 is 2.69 bits per heavy atom. The van der Waals surface area contributed by atoms with E-state index in [1.54, 1.807) is 0 Å². The summed E-state index contributed by atoms with van der Waals surface area (Å²) in [4.78, 5) is 0. The van der Waals surface area contributed by atoms with E-state index in [1.165, 1.54) is 18.4 Å². The number of aryl methyl sites for hydroxylation is 1. The molecule has 1 aromatic carbocycles. The molecule has 0 aliphatic heterocycles. The molecule has 2 nitrogen and oxygen atoms in total. The van der Waals surface area contributed by atoms with Gasteiger partial charge in [0.05, 0.1) is 6.61 Å². The summed E-state index contributed by atoms with van der Waals surface area (Å²) in [5.74, 6) is 0.941. The molecule has 0 spiro atoms. The van der Waals surface area contributed by atoms with E-state index in [9.17, 15) is 0 Å². The fourth-order valence-electron chi connectivity index (χ4n) is 1.69. The number of ether oxygens (including phenoxy) is 1. The average Bonchev–Trinajstić information content (AvgIpc) is 2.26. The minimum Gasteiger partial charge on any atom is -0.493 e. The smallest absolute Gasteiger partial charge is 0.124 e. The van der Waals surface area contributed by atoms with Crippen molar-refractivity contribution in [3.05, 3.63) is 29.3 Å². The third-order valence-corrected chi connectivity index (χ3v) is 2.66. The van der Waals surface area contributed by atoms with E-state index in [2.05, 4.69) is 26.0 Å². The molecule has 0 unspecified atom stereocenters. The Bertz CT molecular complexity index is 321. The van der Waals surface area contributed by atoms with Crippen LogP contribution in [0.15, 0.2) is 18.2 Å². The maximum absolute atomic E-state index is 5.93. The van der Waals surface area contributed by atoms with Gasteiger partial charge in [-0.05, 0) is 26.3 Å². The Balaban J connectivity index is 2.64. The number of hydrogen-bond acceptors (Lipinski definition) is 2. The van der Waals surface area contributed by atoms with Crippen LogP contribution in [0.5, 0.6) is 5.75 Å². The van der Waals surface area contributed by atoms with Crippen molar-refractivity contribution in [3.63, 3.8) is 0 Å². The number of hydrogen-bond donors (Lipinski definition) is 1. The normalized spacial score (nSPS) is 12.5. The van der Waals surface area contributed by atoms with Gasteiger partial charge in [-0.1, -0.05) is 37.5 Å². The van der Waals surface area contributed by atoms with Crippen molar-refractivity contribution in [1.29, 1.82) is 0 Å². The summed E-state index contributed by atoms with van der Waals surface area (Å²) < 4.78 is 5.78. The summed E-state index contributed by atoms with van der Waals surface area (Å²) in [6.07, 6.45) is 3.56. The lowest BCUT2D eigenvalue weighted by molar-refractivity contribution is 0.302. The van der Waals surface area contributed by atoms with Gasteiger partial charge in [0.25, 0.3) is 0 Å². The molecule has 0 saturated heterocycles. The molecule has 0 amide bonds. The number of nitrogens with two attached hydrogens (primary N) is 1. The van der Waals surface area contributed by atoms with Crippen molar-refractivity contribution in [3.8, 4) is 5.75 Å². The maximum Gasteiger partial charge on any atom is 0.124 e. The molecule has 0 radical (unpaired) electrons. The van der Waals surface area contributed by atoms with Crippen LogP contribution in [0.2, 0.25) is 0 Å². The highest BCUT2D eigenvalue weighted by Gasteiger charge is 2.07. The predicted molar refractivity (Wildman–Crippen MR) is 68.8 cm³/mol. The quantitative estimate of drug-likeness (QED) is 0.745. The molecule has 90 valence electrons. The van der Waals surface area contributed by atoms with Crippen LogP contribution in [0, 0.1) is 6.92 Å². The van der Waals surface area contributed by atoms with Gasteiger partial charge in [-0.15, -0.1) is 0 Å². The Morgan fingerprint density at radius 1 is 1.31 bits per heavy atom. The Morgan fingerprint density at radius 2 is 2.06 bits per heavy atom. The molecule has 16 heavy (non-hydrogen) atoms. The highest BCUT2D eigenvalue weighted by molar-refractivity contribution is 5.38. The fraction of sp³-hybridized carbons (Fsp3) is 0.571. The van der Waals surface area contributed by atoms with Crippen LogP contribution in [-0.2, 0) is 0 Å². The molecule has 0 aromatic heterocycles. The fourth-order valence-corrected chi connectivity index (χ4v) is 1.69. The molecule has 1 atom stereocenters. The first kappa shape index (κ1) is 13.0. The first-order valence-electron chi connectivity index (χ1n) is 6.14. The molecule has 1 aromatic rings. The lowest BCUT2D eigenvalue weighted by Gasteiger charge is -2.14. The molecule has 0 aliphatic carbocycles. The average molecular weight is 221 g/mol. The standard InChI is InChI=1S/C14H23NO/c1-4-5-6-9-16-14-8-7-11(2)10-13(14)12(3)15/h7-8,10,12H,4-6,9,15H2,1-3H3/t12-/m0/s1. The zero-order valence-corrected chi connectivity index (χ0v) is 10.6. The summed E-state index contributed by atoms with van der Waals surface area (Å²) >= 11 is 0. The van der Waals surface area contributed by atoms with Crippen molar-refractivity contribution in [2.24, 2.45) is 5.73 Å². The van der Waals surface area contributed by atoms with Crippen molar-refractivity contribution in [1.82, 2.24) is 0 Å². The van der Waals surface area contributed by atoms with E-state index < -0.39 is 0 Å². The molecule has 0 saturated carbocycles. The zero-order valence-electron chi connectivity index (χ0n) is 10.6. The summed E-state index contributed by atoms with van der Waals surface area (Å²) in [5.41, 5.74) is 8.27. The van der Waals surface area contributed by atoms with Gasteiger partial charge < -0.3 is 10.5 Å². The maximum atomic E-state index is 5.93. The zero-order chi connectivity index (χ0) is 12.0. The van der Waals surface area contributed by atoms with Crippen molar-refractivity contribution in [2.45, 2.75) is 46.1 Å². The van der Waals surface area contributed by atoms with Crippen LogP contribution in [0.1, 0.15) is 50.3 Å². The van der Waals surface area contributed by atoms with Gasteiger partial charge in [0.1, 0.15) is 5.75 Å². The van der Waals surface area contributed by atoms with Crippen LogP contribution in [-0.4, -0.2) is 6.61 Å². The molecule has 0 fully saturated rings. The van der Waals surface area contributed by atoms with Gasteiger partial charge >= 0.3 is 0 Å². The SMILES string of the molecule is CCCCCOc1ccc(C)cc1[C@H](C)N. The van der Waals surface area contributed by atoms with Crippen molar-refractivity contribution < 1.29 is 4.74 Å². The topological polar surface area (TPSA) is 35.2 Å². The molecule has 0 heterocycles. The molecule has 0 bridgehead atoms. The summed E-state index contributed by atoms with van der Waals surface area (Å²) in [6, 6.07) is 6.24. The number of benzene rings is 1. The summed E-state index contributed by atoms with van der Waals surface area (Å²) in [6.45, 7) is 7.05. The van der Waals surface area contributed by atoms with Crippen molar-refractivity contribution >= 4 is 0 Å². The lowest BCUT2D eigenvalue weighted by Crippen LogP contribution is -2.09. The molecule has 0 aliphatic rings. The van der Waals surface area contributed by atoms with Gasteiger partial charge in [-0.2, -0.15) is 0 Å². The van der Waals surface area contributed by atoms with Gasteiger partial charge in [-0.3, -0.25) is 0 Å². The Labute approximate surface area is 98.8 Å². The van der Waals surface area contributed by atoms with Gasteiger partial charge in [0, 0.05) is 11.6 Å². The van der Waals surface area contributed by atoms with Crippen LogP contribution in [0.25, 0.3) is 0 Å². The van der Waals surface area contributed by atoms with E-state index in [-0.39, 0.29) is 6.04 Å². The monoisotopic (exact) mass is 221 g/mol. The molecule has 2 heteroatoms. The molecule has 1 rings (SSSR count). The highest BCUT2D eigenvalue weighted by Crippen LogP contribution is 2.25. The van der Waals surface area contributed by atoms with E-state index in [0.29, 0.717) is 0 Å². The third kappa shape index (κ3) is 3.86. The second-order valence-corrected chi connectivity index (χ2v) is 4.39. The van der Waals surface area contributed by atoms with E-state index in [4.69, 9.17) is 10.5 Å². The minimum atomic E-state index is 0.0288. The Kier molecular flexibility index (Phi) is 5.33.